The van der Waals surface area contributed by atoms with E-state index >= 15 is 0 Å². The third kappa shape index (κ3) is 4.02. The summed E-state index contributed by atoms with van der Waals surface area (Å²) < 4.78 is 10.4. The van der Waals surface area contributed by atoms with E-state index in [1.807, 2.05) is 12.1 Å². The minimum absolute atomic E-state index is 0.0734. The highest BCUT2D eigenvalue weighted by atomic mass is 16.5. The second kappa shape index (κ2) is 7.41. The molecule has 0 radical (unpaired) electrons. The van der Waals surface area contributed by atoms with Crippen molar-refractivity contribution >= 4 is 11.7 Å². The Kier molecular flexibility index (Phi) is 5.23. The molecule has 0 atom stereocenters. The predicted molar refractivity (Wildman–Crippen MR) is 96.4 cm³/mol. The van der Waals surface area contributed by atoms with Gasteiger partial charge >= 0.3 is 0 Å². The van der Waals surface area contributed by atoms with Crippen molar-refractivity contribution in [2.45, 2.75) is 33.1 Å². The molecule has 0 fully saturated rings. The minimum atomic E-state index is -0.136. The molecule has 0 saturated carbocycles. The number of nitrogens with one attached hydrogen (secondary N) is 1. The molecule has 6 heteroatoms. The third-order valence-electron chi connectivity index (χ3n) is 4.57. The van der Waals surface area contributed by atoms with Crippen molar-refractivity contribution in [2.75, 3.05) is 20.3 Å². The van der Waals surface area contributed by atoms with Crippen LogP contribution < -0.4 is 5.32 Å². The lowest BCUT2D eigenvalue weighted by Gasteiger charge is -2.26. The molecule has 1 aromatic carbocycles. The van der Waals surface area contributed by atoms with E-state index in [4.69, 9.17) is 9.26 Å². The monoisotopic (exact) mass is 356 g/mol. The quantitative estimate of drug-likeness (QED) is 0.805. The molecule has 6 nitrogen and oxygen atoms in total. The van der Waals surface area contributed by atoms with Gasteiger partial charge < -0.3 is 14.6 Å². The molecule has 1 aliphatic carbocycles. The second-order valence-electron chi connectivity index (χ2n) is 7.49. The number of carbonyl (C=O) groups excluding carboxylic acids is 2. The van der Waals surface area contributed by atoms with Gasteiger partial charge in [0, 0.05) is 32.1 Å². The Bertz CT molecular complexity index is 806. The van der Waals surface area contributed by atoms with Gasteiger partial charge in [-0.1, -0.05) is 31.1 Å². The highest BCUT2D eigenvalue weighted by Gasteiger charge is 2.35. The molecule has 3 rings (SSSR count). The average Bonchev–Trinajstić information content (AvgIpc) is 2.97. The molecular formula is C20H24N2O4. The zero-order valence-corrected chi connectivity index (χ0v) is 15.4. The molecule has 26 heavy (non-hydrogen) atoms. The summed E-state index contributed by atoms with van der Waals surface area (Å²) >= 11 is 0. The Balaban J connectivity index is 1.70. The van der Waals surface area contributed by atoms with E-state index in [1.165, 1.54) is 0 Å². The average molecular weight is 356 g/mol. The number of carbonyl (C=O) groups is 2. The molecular weight excluding hydrogens is 332 g/mol. The van der Waals surface area contributed by atoms with Crippen molar-refractivity contribution in [3.05, 3.63) is 52.4 Å². The first-order valence-corrected chi connectivity index (χ1v) is 8.76. The van der Waals surface area contributed by atoms with E-state index in [9.17, 15) is 9.59 Å². The maximum atomic E-state index is 12.5. The predicted octanol–water partition coefficient (Wildman–Crippen LogP) is 2.80. The molecule has 1 heterocycles. The lowest BCUT2D eigenvalue weighted by atomic mass is 9.75. The Morgan fingerprint density at radius 2 is 2.00 bits per heavy atom. The van der Waals surface area contributed by atoms with Crippen LogP contribution in [0.2, 0.25) is 0 Å². The fourth-order valence-corrected chi connectivity index (χ4v) is 3.29. The molecule has 1 amide bonds. The van der Waals surface area contributed by atoms with Crippen LogP contribution in [0.4, 0.5) is 0 Å². The van der Waals surface area contributed by atoms with Crippen molar-refractivity contribution in [3.8, 4) is 0 Å². The van der Waals surface area contributed by atoms with E-state index in [-0.39, 0.29) is 17.1 Å². The first-order chi connectivity index (χ1) is 12.4. The number of methoxy groups -OCH3 is 1. The number of fused-ring (bicyclic) bond motifs is 1. The van der Waals surface area contributed by atoms with Gasteiger partial charge in [-0.15, -0.1) is 0 Å². The van der Waals surface area contributed by atoms with E-state index in [1.54, 1.807) is 19.2 Å². The van der Waals surface area contributed by atoms with Gasteiger partial charge in [0.2, 0.25) is 0 Å². The van der Waals surface area contributed by atoms with Crippen LogP contribution >= 0.6 is 0 Å². The maximum absolute atomic E-state index is 12.5. The second-order valence-corrected chi connectivity index (χ2v) is 7.49. The highest BCUT2D eigenvalue weighted by molar-refractivity contribution is 5.99. The van der Waals surface area contributed by atoms with Gasteiger partial charge in [0.1, 0.15) is 0 Å². The molecule has 138 valence electrons. The SMILES string of the molecule is COCCNC(=O)c1ccc(Cc2onc3c2C(=O)CC(C)(C)C3)cc1. The molecule has 1 aliphatic rings. The van der Waals surface area contributed by atoms with E-state index < -0.39 is 0 Å². The molecule has 0 unspecified atom stereocenters. The molecule has 2 aromatic rings. The maximum Gasteiger partial charge on any atom is 0.251 e. The Labute approximate surface area is 152 Å². The van der Waals surface area contributed by atoms with E-state index in [0.29, 0.717) is 42.9 Å². The van der Waals surface area contributed by atoms with Gasteiger partial charge in [-0.2, -0.15) is 0 Å². The van der Waals surface area contributed by atoms with E-state index in [0.717, 1.165) is 17.7 Å². The largest absolute Gasteiger partial charge is 0.383 e. The number of hydrogen-bond donors (Lipinski definition) is 1. The first kappa shape index (κ1) is 18.3. The molecule has 0 aliphatic heterocycles. The van der Waals surface area contributed by atoms with Gasteiger partial charge in [0.25, 0.3) is 5.91 Å². The Morgan fingerprint density at radius 1 is 1.27 bits per heavy atom. The van der Waals surface area contributed by atoms with Crippen molar-refractivity contribution < 1.29 is 18.8 Å². The fourth-order valence-electron chi connectivity index (χ4n) is 3.29. The lowest BCUT2D eigenvalue weighted by molar-refractivity contribution is 0.0908. The van der Waals surface area contributed by atoms with Gasteiger partial charge in [-0.3, -0.25) is 9.59 Å². The smallest absolute Gasteiger partial charge is 0.251 e. The number of hydrogen-bond acceptors (Lipinski definition) is 5. The van der Waals surface area contributed by atoms with Crippen molar-refractivity contribution in [2.24, 2.45) is 5.41 Å². The van der Waals surface area contributed by atoms with Gasteiger partial charge in [0.15, 0.2) is 11.5 Å². The summed E-state index contributed by atoms with van der Waals surface area (Å²) in [5.41, 5.74) is 2.88. The summed E-state index contributed by atoms with van der Waals surface area (Å²) in [6.45, 7) is 5.09. The normalized spacial score (nSPS) is 15.6. The third-order valence-corrected chi connectivity index (χ3v) is 4.57. The fraction of sp³-hybridized carbons (Fsp3) is 0.450. The van der Waals surface area contributed by atoms with Crippen molar-refractivity contribution in [3.63, 3.8) is 0 Å². The standard InChI is InChI=1S/C20H24N2O4/c1-20(2)11-15-18(16(23)12-20)17(26-22-15)10-13-4-6-14(7-5-13)19(24)21-8-9-25-3/h4-7H,8-12H2,1-3H3,(H,21,24). The lowest BCUT2D eigenvalue weighted by Crippen LogP contribution is -2.27. The first-order valence-electron chi connectivity index (χ1n) is 8.76. The van der Waals surface area contributed by atoms with Gasteiger partial charge in [-0.25, -0.2) is 0 Å². The number of amides is 1. The number of benzene rings is 1. The molecule has 1 aromatic heterocycles. The van der Waals surface area contributed by atoms with E-state index in [2.05, 4.69) is 24.3 Å². The molecule has 1 N–H and O–H groups in total. The minimum Gasteiger partial charge on any atom is -0.383 e. The van der Waals surface area contributed by atoms with Crippen LogP contribution in [0.15, 0.2) is 28.8 Å². The molecule has 0 spiro atoms. The summed E-state index contributed by atoms with van der Waals surface area (Å²) in [5.74, 6) is 0.572. The number of ether oxygens (including phenoxy) is 1. The van der Waals surface area contributed by atoms with Crippen LogP contribution in [-0.4, -0.2) is 37.1 Å². The number of rotatable bonds is 6. The Morgan fingerprint density at radius 3 is 2.69 bits per heavy atom. The zero-order valence-electron chi connectivity index (χ0n) is 15.4. The van der Waals surface area contributed by atoms with Crippen LogP contribution in [-0.2, 0) is 17.6 Å². The number of nitrogens with zero attached hydrogens (tertiary/aromatic N) is 1. The summed E-state index contributed by atoms with van der Waals surface area (Å²) in [6, 6.07) is 7.28. The Hall–Kier alpha value is -2.47. The molecule has 0 bridgehead atoms. The molecule has 0 saturated heterocycles. The van der Waals surface area contributed by atoms with Crippen LogP contribution in [0.25, 0.3) is 0 Å². The summed E-state index contributed by atoms with van der Waals surface area (Å²) in [6.07, 6.45) is 1.74. The number of aromatic nitrogens is 1. The highest BCUT2D eigenvalue weighted by Crippen LogP contribution is 2.36. The van der Waals surface area contributed by atoms with Gasteiger partial charge in [-0.05, 0) is 29.5 Å². The summed E-state index contributed by atoms with van der Waals surface area (Å²) in [4.78, 5) is 24.5. The van der Waals surface area contributed by atoms with Crippen LogP contribution in [0.1, 0.15) is 58.0 Å². The topological polar surface area (TPSA) is 81.4 Å². The van der Waals surface area contributed by atoms with Crippen molar-refractivity contribution in [1.29, 1.82) is 0 Å². The number of Topliss-reactive ketones (excluding diaryl/α,β-unsaturated/α-hetero) is 1. The summed E-state index contributed by atoms with van der Waals surface area (Å²) in [5, 5.41) is 6.90. The van der Waals surface area contributed by atoms with Crippen LogP contribution in [0.5, 0.6) is 0 Å². The van der Waals surface area contributed by atoms with Crippen LogP contribution in [0, 0.1) is 5.41 Å². The van der Waals surface area contributed by atoms with Gasteiger partial charge in [0.05, 0.1) is 17.9 Å². The summed E-state index contributed by atoms with van der Waals surface area (Å²) in [7, 11) is 1.59. The number of ketones is 1. The van der Waals surface area contributed by atoms with Crippen LogP contribution in [0.3, 0.4) is 0 Å². The zero-order chi connectivity index (χ0) is 18.7. The van der Waals surface area contributed by atoms with Crippen molar-refractivity contribution in [1.82, 2.24) is 10.5 Å².